The van der Waals surface area contributed by atoms with E-state index in [0.29, 0.717) is 16.3 Å². The van der Waals surface area contributed by atoms with Crippen molar-refractivity contribution in [2.24, 2.45) is 0 Å². The second-order valence-corrected chi connectivity index (χ2v) is 7.57. The summed E-state index contributed by atoms with van der Waals surface area (Å²) in [6, 6.07) is 10.9. The Morgan fingerprint density at radius 3 is 2.93 bits per heavy atom. The van der Waals surface area contributed by atoms with Crippen molar-refractivity contribution >= 4 is 51.6 Å². The van der Waals surface area contributed by atoms with E-state index in [-0.39, 0.29) is 18.2 Å². The van der Waals surface area contributed by atoms with Gasteiger partial charge in [0, 0.05) is 4.90 Å². The lowest BCUT2D eigenvalue weighted by molar-refractivity contribution is -0.152. The zero-order valence-electron chi connectivity index (χ0n) is 14.3. The van der Waals surface area contributed by atoms with E-state index in [0.717, 1.165) is 4.90 Å². The van der Waals surface area contributed by atoms with Crippen LogP contribution in [0, 0.1) is 11.3 Å². The third kappa shape index (κ3) is 4.30. The third-order valence-corrected chi connectivity index (χ3v) is 5.67. The van der Waals surface area contributed by atoms with Gasteiger partial charge in [-0.3, -0.25) is 19.3 Å². The van der Waals surface area contributed by atoms with Crippen LogP contribution >= 0.6 is 23.1 Å². The summed E-state index contributed by atoms with van der Waals surface area (Å²) >= 11 is 2.63. The van der Waals surface area contributed by atoms with Crippen LogP contribution in [0.3, 0.4) is 0 Å². The predicted octanol–water partition coefficient (Wildman–Crippen LogP) is 2.63. The molecule has 1 atom stereocenters. The molecule has 0 fully saturated rings. The molecular formula is C18H15N3O4S2. The van der Waals surface area contributed by atoms with Crippen molar-refractivity contribution in [2.45, 2.75) is 17.9 Å². The minimum Gasteiger partial charge on any atom is -0.451 e. The minimum atomic E-state index is -1.06. The molecule has 0 saturated heterocycles. The molecule has 0 bridgehead atoms. The van der Waals surface area contributed by atoms with Gasteiger partial charge in [-0.2, -0.15) is 5.26 Å². The average Bonchev–Trinajstić information content (AvgIpc) is 3.11. The van der Waals surface area contributed by atoms with Crippen LogP contribution in [0.15, 0.2) is 40.6 Å². The van der Waals surface area contributed by atoms with Gasteiger partial charge in [0.15, 0.2) is 6.10 Å². The lowest BCUT2D eigenvalue weighted by atomic mass is 10.2. The number of nitriles is 1. The van der Waals surface area contributed by atoms with E-state index in [1.165, 1.54) is 34.9 Å². The van der Waals surface area contributed by atoms with Crippen molar-refractivity contribution in [3.05, 3.63) is 41.3 Å². The van der Waals surface area contributed by atoms with Gasteiger partial charge in [-0.15, -0.1) is 23.1 Å². The number of para-hydroxylation sites is 1. The molecule has 0 spiro atoms. The van der Waals surface area contributed by atoms with Crippen LogP contribution in [0.5, 0.6) is 0 Å². The van der Waals surface area contributed by atoms with Crippen LogP contribution in [0.1, 0.15) is 12.5 Å². The second kappa shape index (κ2) is 8.24. The summed E-state index contributed by atoms with van der Waals surface area (Å²) in [5.41, 5.74) is 1.00. The Hall–Kier alpha value is -2.83. The molecule has 1 aromatic carbocycles. The minimum absolute atomic E-state index is 0.190. The van der Waals surface area contributed by atoms with E-state index in [1.807, 2.05) is 18.2 Å². The molecule has 0 aliphatic carbocycles. The number of nitrogens with one attached hydrogen (secondary N) is 1. The number of thioether (sulfide) groups is 1. The molecule has 2 heterocycles. The van der Waals surface area contributed by atoms with Gasteiger partial charge in [0.25, 0.3) is 5.91 Å². The molecule has 1 aromatic heterocycles. The Morgan fingerprint density at radius 2 is 2.15 bits per heavy atom. The lowest BCUT2D eigenvalue weighted by Gasteiger charge is -2.28. The molecule has 2 aromatic rings. The SMILES string of the molecule is C[C@@H](OC(=O)CN1C(=O)CSc2ccccc21)C(=O)Nc1sccc1C#N. The summed E-state index contributed by atoms with van der Waals surface area (Å²) < 4.78 is 5.17. The number of thiophene rings is 1. The zero-order valence-corrected chi connectivity index (χ0v) is 15.9. The van der Waals surface area contributed by atoms with Crippen molar-refractivity contribution in [2.75, 3.05) is 22.5 Å². The van der Waals surface area contributed by atoms with Crippen LogP contribution in [0.2, 0.25) is 0 Å². The normalized spacial score (nSPS) is 14.1. The highest BCUT2D eigenvalue weighted by Gasteiger charge is 2.28. The summed E-state index contributed by atoms with van der Waals surface area (Å²) in [5, 5.41) is 13.6. The van der Waals surface area contributed by atoms with Crippen molar-refractivity contribution in [3.8, 4) is 6.07 Å². The van der Waals surface area contributed by atoms with Gasteiger partial charge in [-0.05, 0) is 30.5 Å². The summed E-state index contributed by atoms with van der Waals surface area (Å²) in [4.78, 5) is 38.9. The smallest absolute Gasteiger partial charge is 0.326 e. The van der Waals surface area contributed by atoms with E-state index >= 15 is 0 Å². The number of hydrogen-bond donors (Lipinski definition) is 1. The fraction of sp³-hybridized carbons (Fsp3) is 0.222. The molecule has 1 aliphatic heterocycles. The number of ether oxygens (including phenoxy) is 1. The molecule has 7 nitrogen and oxygen atoms in total. The quantitative estimate of drug-likeness (QED) is 0.773. The Labute approximate surface area is 163 Å². The second-order valence-electron chi connectivity index (χ2n) is 5.63. The van der Waals surface area contributed by atoms with E-state index < -0.39 is 18.0 Å². The number of amides is 2. The van der Waals surface area contributed by atoms with E-state index in [1.54, 1.807) is 23.6 Å². The molecule has 1 aliphatic rings. The van der Waals surface area contributed by atoms with Gasteiger partial charge >= 0.3 is 5.97 Å². The van der Waals surface area contributed by atoms with Gasteiger partial charge in [0.1, 0.15) is 17.6 Å². The number of benzene rings is 1. The first-order valence-electron chi connectivity index (χ1n) is 7.99. The van der Waals surface area contributed by atoms with Gasteiger partial charge in [0.05, 0.1) is 17.0 Å². The van der Waals surface area contributed by atoms with Crippen molar-refractivity contribution < 1.29 is 19.1 Å². The lowest BCUT2D eigenvalue weighted by Crippen LogP contribution is -2.41. The molecule has 1 N–H and O–H groups in total. The number of carbonyl (C=O) groups is 3. The highest BCUT2D eigenvalue weighted by atomic mass is 32.2. The van der Waals surface area contributed by atoms with Crippen molar-refractivity contribution in [1.29, 1.82) is 5.26 Å². The van der Waals surface area contributed by atoms with Gasteiger partial charge in [-0.25, -0.2) is 0 Å². The summed E-state index contributed by atoms with van der Waals surface area (Å²) in [6.07, 6.45) is -1.06. The van der Waals surface area contributed by atoms with Crippen LogP contribution in [0.4, 0.5) is 10.7 Å². The Morgan fingerprint density at radius 1 is 1.37 bits per heavy atom. The van der Waals surface area contributed by atoms with Gasteiger partial charge < -0.3 is 10.1 Å². The number of rotatable bonds is 5. The maximum absolute atomic E-state index is 12.3. The molecule has 27 heavy (non-hydrogen) atoms. The molecule has 9 heteroatoms. The van der Waals surface area contributed by atoms with E-state index in [4.69, 9.17) is 10.00 Å². The summed E-state index contributed by atoms with van der Waals surface area (Å²) in [7, 11) is 0. The molecule has 2 amide bonds. The van der Waals surface area contributed by atoms with Crippen molar-refractivity contribution in [3.63, 3.8) is 0 Å². The fourth-order valence-corrected chi connectivity index (χ4v) is 4.13. The number of hydrogen-bond acceptors (Lipinski definition) is 7. The van der Waals surface area contributed by atoms with Crippen LogP contribution < -0.4 is 10.2 Å². The first kappa shape index (κ1) is 18.9. The number of nitrogens with zero attached hydrogens (tertiary/aromatic N) is 2. The highest BCUT2D eigenvalue weighted by molar-refractivity contribution is 8.00. The maximum atomic E-state index is 12.3. The van der Waals surface area contributed by atoms with Crippen LogP contribution in [0.25, 0.3) is 0 Å². The third-order valence-electron chi connectivity index (χ3n) is 3.80. The highest BCUT2D eigenvalue weighted by Crippen LogP contribution is 2.34. The molecule has 3 rings (SSSR count). The Balaban J connectivity index is 1.61. The van der Waals surface area contributed by atoms with Crippen LogP contribution in [-0.2, 0) is 19.1 Å². The number of anilines is 2. The van der Waals surface area contributed by atoms with Crippen molar-refractivity contribution in [1.82, 2.24) is 0 Å². The fourth-order valence-electron chi connectivity index (χ4n) is 2.45. The zero-order chi connectivity index (χ0) is 19.4. The van der Waals surface area contributed by atoms with E-state index in [2.05, 4.69) is 5.32 Å². The largest absolute Gasteiger partial charge is 0.451 e. The van der Waals surface area contributed by atoms with Crippen LogP contribution in [-0.4, -0.2) is 36.2 Å². The predicted molar refractivity (Wildman–Crippen MR) is 103 cm³/mol. The number of esters is 1. The number of fused-ring (bicyclic) bond motifs is 1. The first-order valence-corrected chi connectivity index (χ1v) is 9.86. The molecule has 0 saturated carbocycles. The standard InChI is InChI=1S/C18H15N3O4S2/c1-11(17(24)20-18-12(8-19)6-7-26-18)25-16(23)9-21-13-4-2-3-5-14(13)27-10-15(21)22/h2-7,11H,9-10H2,1H3,(H,20,24)/t11-/m1/s1. The van der Waals surface area contributed by atoms with E-state index in [9.17, 15) is 14.4 Å². The summed E-state index contributed by atoms with van der Waals surface area (Å²) in [6.45, 7) is 1.17. The summed E-state index contributed by atoms with van der Waals surface area (Å²) in [5.74, 6) is -1.16. The Bertz CT molecular complexity index is 935. The molecule has 0 radical (unpaired) electrons. The molecule has 0 unspecified atom stereocenters. The maximum Gasteiger partial charge on any atom is 0.326 e. The molecular weight excluding hydrogens is 386 g/mol. The molecule has 138 valence electrons. The topological polar surface area (TPSA) is 99.5 Å². The Kier molecular flexibility index (Phi) is 5.78. The first-order chi connectivity index (χ1) is 13.0. The van der Waals surface area contributed by atoms with Gasteiger partial charge in [0.2, 0.25) is 5.91 Å². The van der Waals surface area contributed by atoms with Gasteiger partial charge in [-0.1, -0.05) is 12.1 Å². The number of carbonyl (C=O) groups excluding carboxylic acids is 3. The average molecular weight is 401 g/mol. The monoisotopic (exact) mass is 401 g/mol.